The van der Waals surface area contributed by atoms with Gasteiger partial charge in [0, 0.05) is 11.8 Å². The summed E-state index contributed by atoms with van der Waals surface area (Å²) in [5.41, 5.74) is -0.649. The molecule has 5 heteroatoms. The van der Waals surface area contributed by atoms with Crippen molar-refractivity contribution in [2.75, 3.05) is 0 Å². The number of carboxylic acid groups (broad SMARTS) is 1. The molecule has 0 spiro atoms. The van der Waals surface area contributed by atoms with Gasteiger partial charge in [0.1, 0.15) is 0 Å². The quantitative estimate of drug-likeness (QED) is 0.665. The van der Waals surface area contributed by atoms with E-state index < -0.39 is 29.4 Å². The van der Waals surface area contributed by atoms with E-state index in [4.69, 9.17) is 5.11 Å². The lowest BCUT2D eigenvalue weighted by molar-refractivity contribution is -0.139. The predicted molar refractivity (Wildman–Crippen MR) is 42.2 cm³/mol. The molecule has 1 rings (SSSR count). The highest BCUT2D eigenvalue weighted by atomic mass is 19.4. The van der Waals surface area contributed by atoms with Crippen LogP contribution < -0.4 is 0 Å². The standard InChI is InChI=1S/C9H9F3O2/c1-8(2)5(6(8)7(13)14)3-4-9(10,11)12/h5-6H,1-2H3,(H,13,14)/t5-,6+/m0/s1. The van der Waals surface area contributed by atoms with E-state index in [-0.39, 0.29) is 0 Å². The summed E-state index contributed by atoms with van der Waals surface area (Å²) in [6, 6.07) is 0. The van der Waals surface area contributed by atoms with Gasteiger partial charge in [0.25, 0.3) is 0 Å². The first-order chi connectivity index (χ1) is 6.16. The minimum absolute atomic E-state index is 0.649. The summed E-state index contributed by atoms with van der Waals surface area (Å²) in [6.07, 6.45) is -4.54. The first kappa shape index (κ1) is 10.9. The summed E-state index contributed by atoms with van der Waals surface area (Å²) < 4.78 is 35.1. The van der Waals surface area contributed by atoms with Crippen LogP contribution in [0.4, 0.5) is 13.2 Å². The molecular formula is C9H9F3O2. The zero-order valence-electron chi connectivity index (χ0n) is 7.64. The largest absolute Gasteiger partial charge is 0.481 e. The maximum Gasteiger partial charge on any atom is 0.457 e. The van der Waals surface area contributed by atoms with Crippen molar-refractivity contribution < 1.29 is 23.1 Å². The van der Waals surface area contributed by atoms with Crippen LogP contribution in [0.2, 0.25) is 0 Å². The third-order valence-corrected chi connectivity index (χ3v) is 2.46. The fraction of sp³-hybridized carbons (Fsp3) is 0.667. The van der Waals surface area contributed by atoms with Gasteiger partial charge in [0.15, 0.2) is 0 Å². The van der Waals surface area contributed by atoms with Crippen molar-refractivity contribution in [2.24, 2.45) is 17.3 Å². The van der Waals surface area contributed by atoms with Gasteiger partial charge in [-0.1, -0.05) is 19.8 Å². The van der Waals surface area contributed by atoms with E-state index in [0.717, 1.165) is 5.92 Å². The summed E-state index contributed by atoms with van der Waals surface area (Å²) in [7, 11) is 0. The number of halogens is 3. The number of hydrogen-bond donors (Lipinski definition) is 1. The highest BCUT2D eigenvalue weighted by Crippen LogP contribution is 2.57. The first-order valence-electron chi connectivity index (χ1n) is 3.98. The molecule has 14 heavy (non-hydrogen) atoms. The predicted octanol–water partition coefficient (Wildman–Crippen LogP) is 1.91. The maximum absolute atomic E-state index is 11.7. The molecule has 0 aromatic rings. The van der Waals surface area contributed by atoms with Crippen molar-refractivity contribution in [3.05, 3.63) is 0 Å². The summed E-state index contributed by atoms with van der Waals surface area (Å²) in [4.78, 5) is 10.6. The number of carboxylic acids is 1. The van der Waals surface area contributed by atoms with Crippen molar-refractivity contribution in [1.82, 2.24) is 0 Å². The number of aliphatic carboxylic acids is 1. The van der Waals surface area contributed by atoms with Crippen LogP contribution in [-0.4, -0.2) is 17.3 Å². The minimum atomic E-state index is -4.54. The molecule has 0 heterocycles. The van der Waals surface area contributed by atoms with Gasteiger partial charge < -0.3 is 5.11 Å². The Bertz CT molecular complexity index is 319. The van der Waals surface area contributed by atoms with E-state index in [1.807, 2.05) is 5.92 Å². The summed E-state index contributed by atoms with van der Waals surface area (Å²) in [6.45, 7) is 3.20. The van der Waals surface area contributed by atoms with Gasteiger partial charge in [0.05, 0.1) is 5.92 Å². The van der Waals surface area contributed by atoms with E-state index in [0.29, 0.717) is 0 Å². The van der Waals surface area contributed by atoms with E-state index in [2.05, 4.69) is 0 Å². The first-order valence-corrected chi connectivity index (χ1v) is 3.98. The molecule has 2 atom stereocenters. The molecule has 0 amide bonds. The van der Waals surface area contributed by atoms with Gasteiger partial charge in [-0.25, -0.2) is 0 Å². The van der Waals surface area contributed by atoms with E-state index in [9.17, 15) is 18.0 Å². The average Bonchev–Trinajstić information content (AvgIpc) is 2.47. The van der Waals surface area contributed by atoms with Crippen LogP contribution >= 0.6 is 0 Å². The van der Waals surface area contributed by atoms with Crippen molar-refractivity contribution in [3.8, 4) is 11.8 Å². The fourth-order valence-corrected chi connectivity index (χ4v) is 1.53. The molecule has 1 N–H and O–H groups in total. The highest BCUT2D eigenvalue weighted by molar-refractivity contribution is 5.76. The topological polar surface area (TPSA) is 37.3 Å². The van der Waals surface area contributed by atoms with Crippen molar-refractivity contribution in [2.45, 2.75) is 20.0 Å². The van der Waals surface area contributed by atoms with E-state index in [1.165, 1.54) is 0 Å². The monoisotopic (exact) mass is 206 g/mol. The molecule has 2 nitrogen and oxygen atoms in total. The summed E-state index contributed by atoms with van der Waals surface area (Å²) in [5, 5.41) is 8.64. The summed E-state index contributed by atoms with van der Waals surface area (Å²) in [5.74, 6) is 0.514. The normalized spacial score (nSPS) is 28.9. The molecule has 0 unspecified atom stereocenters. The Labute approximate surface area is 79.1 Å². The molecule has 1 fully saturated rings. The van der Waals surface area contributed by atoms with Gasteiger partial charge in [-0.2, -0.15) is 13.2 Å². The SMILES string of the molecule is CC1(C)[C@@H](C#CC(F)(F)F)[C@@H]1C(=O)O. The lowest BCUT2D eigenvalue weighted by Gasteiger charge is -1.95. The Morgan fingerprint density at radius 2 is 1.93 bits per heavy atom. The number of carbonyl (C=O) groups is 1. The Morgan fingerprint density at radius 1 is 1.43 bits per heavy atom. The van der Waals surface area contributed by atoms with Crippen LogP contribution in [-0.2, 0) is 4.79 Å². The minimum Gasteiger partial charge on any atom is -0.481 e. The van der Waals surface area contributed by atoms with Crippen LogP contribution in [0.5, 0.6) is 0 Å². The third kappa shape index (κ3) is 2.00. The Kier molecular flexibility index (Phi) is 2.26. The van der Waals surface area contributed by atoms with Crippen LogP contribution in [0.1, 0.15) is 13.8 Å². The number of rotatable bonds is 1. The van der Waals surface area contributed by atoms with Crippen molar-refractivity contribution in [1.29, 1.82) is 0 Å². The number of hydrogen-bond acceptors (Lipinski definition) is 1. The average molecular weight is 206 g/mol. The van der Waals surface area contributed by atoms with Gasteiger partial charge >= 0.3 is 12.1 Å². The smallest absolute Gasteiger partial charge is 0.457 e. The summed E-state index contributed by atoms with van der Waals surface area (Å²) >= 11 is 0. The maximum atomic E-state index is 11.7. The van der Waals surface area contributed by atoms with Gasteiger partial charge in [-0.05, 0) is 5.41 Å². The lowest BCUT2D eigenvalue weighted by atomic mass is 10.1. The molecule has 1 saturated carbocycles. The second-order valence-electron chi connectivity index (χ2n) is 3.88. The van der Waals surface area contributed by atoms with Gasteiger partial charge in [0.2, 0.25) is 0 Å². The highest BCUT2D eigenvalue weighted by Gasteiger charge is 2.61. The molecule has 78 valence electrons. The van der Waals surface area contributed by atoms with E-state index >= 15 is 0 Å². The fourth-order valence-electron chi connectivity index (χ4n) is 1.53. The van der Waals surface area contributed by atoms with Gasteiger partial charge in [-0.15, -0.1) is 0 Å². The molecule has 1 aliphatic carbocycles. The Balaban J connectivity index is 2.74. The molecule has 0 bridgehead atoms. The molecular weight excluding hydrogens is 197 g/mol. The van der Waals surface area contributed by atoms with E-state index in [1.54, 1.807) is 13.8 Å². The second-order valence-corrected chi connectivity index (χ2v) is 3.88. The van der Waals surface area contributed by atoms with Crippen molar-refractivity contribution in [3.63, 3.8) is 0 Å². The van der Waals surface area contributed by atoms with Crippen LogP contribution in [0.25, 0.3) is 0 Å². The zero-order chi connectivity index (χ0) is 11.1. The zero-order valence-corrected chi connectivity index (χ0v) is 7.64. The molecule has 0 radical (unpaired) electrons. The van der Waals surface area contributed by atoms with Crippen LogP contribution in [0, 0.1) is 29.1 Å². The third-order valence-electron chi connectivity index (χ3n) is 2.46. The molecule has 0 aromatic heterocycles. The molecule has 1 aliphatic rings. The molecule has 0 saturated heterocycles. The Morgan fingerprint density at radius 3 is 2.21 bits per heavy atom. The lowest BCUT2D eigenvalue weighted by Crippen LogP contribution is -2.03. The molecule has 0 aromatic carbocycles. The number of alkyl halides is 3. The molecule has 0 aliphatic heterocycles. The van der Waals surface area contributed by atoms with Crippen LogP contribution in [0.3, 0.4) is 0 Å². The van der Waals surface area contributed by atoms with Gasteiger partial charge in [-0.3, -0.25) is 4.79 Å². The Hall–Kier alpha value is -1.18. The van der Waals surface area contributed by atoms with Crippen LogP contribution in [0.15, 0.2) is 0 Å². The van der Waals surface area contributed by atoms with Crippen molar-refractivity contribution >= 4 is 5.97 Å². The second kappa shape index (κ2) is 2.91.